The Morgan fingerprint density at radius 1 is 0.402 bits per heavy atom. The summed E-state index contributed by atoms with van der Waals surface area (Å²) < 4.78 is 44.3. The van der Waals surface area contributed by atoms with Crippen molar-refractivity contribution < 1.29 is 90.6 Å². The Bertz CT molecular complexity index is 7000. The first-order valence-electron chi connectivity index (χ1n) is 43.4. The molecule has 0 saturated carbocycles. The van der Waals surface area contributed by atoms with Crippen LogP contribution in [-0.4, -0.2) is 119 Å². The second kappa shape index (κ2) is 37.8. The van der Waals surface area contributed by atoms with E-state index in [1.165, 1.54) is 53.9 Å². The van der Waals surface area contributed by atoms with Crippen LogP contribution in [0.25, 0.3) is 77.7 Å². The van der Waals surface area contributed by atoms with E-state index in [1.54, 1.807) is 30.3 Å². The van der Waals surface area contributed by atoms with Gasteiger partial charge in [-0.3, -0.25) is 57.7 Å². The molecular formula is C106H85Br4N3O19. The summed E-state index contributed by atoms with van der Waals surface area (Å²) in [6.45, 7) is 9.30. The highest BCUT2D eigenvalue weighted by atomic mass is 79.9. The number of carbonyl (C=O) groups excluding carboxylic acids is 11. The van der Waals surface area contributed by atoms with Gasteiger partial charge in [0.25, 0.3) is 0 Å². The Balaban J connectivity index is 0.000000111. The minimum Gasteiger partial charge on any atom is -0.488 e. The van der Waals surface area contributed by atoms with Gasteiger partial charge in [0, 0.05) is 112 Å². The summed E-state index contributed by atoms with van der Waals surface area (Å²) in [4.78, 5) is 143. The molecule has 0 radical (unpaired) electrons. The topological polar surface area (TPSA) is 303 Å². The molecule has 4 aliphatic carbocycles. The Morgan fingerprint density at radius 3 is 1.23 bits per heavy atom. The van der Waals surface area contributed by atoms with Crippen LogP contribution < -0.4 is 23.7 Å². The SMILES string of the molecule is CC(=O)OCC(=O)c1ccc2c(c1)COc1cc3c(cc1-2)CCC(Br)C3=O.CC(=O)OCC(=O)c1ccc2c(c1)COc1cc3c(cc1-2)CCC(OC(C)=O)C3=O.CC1=Nc2ccc3cc4c(cc3c2C1)OCc1cc(-c2cnc(C)[nH]2)ccc1-4.O=C(CBr)c1ccc2c(c1)COc1cc3c(cc1-2)CCC(Br)C3=O.O=C(CBr)c1ccc2c(c1)COc1cc3c(cc1-2)CCCC3=O. The van der Waals surface area contributed by atoms with Crippen molar-refractivity contribution in [3.63, 3.8) is 0 Å². The molecule has 0 bridgehead atoms. The molecule has 7 heterocycles. The molecule has 6 aliphatic heterocycles. The quantitative estimate of drug-likeness (QED) is 0.0514. The number of rotatable bonds is 12. The summed E-state index contributed by atoms with van der Waals surface area (Å²) in [5.41, 5.74) is 30.3. The lowest BCUT2D eigenvalue weighted by Gasteiger charge is -2.27. The summed E-state index contributed by atoms with van der Waals surface area (Å²) in [5.74, 6) is 3.02. The maximum atomic E-state index is 12.7. The highest BCUT2D eigenvalue weighted by Gasteiger charge is 2.36. The molecule has 0 fully saturated rings. The van der Waals surface area contributed by atoms with E-state index in [2.05, 4.69) is 140 Å². The second-order valence-corrected chi connectivity index (χ2v) is 37.2. The highest BCUT2D eigenvalue weighted by molar-refractivity contribution is 9.10. The van der Waals surface area contributed by atoms with E-state index in [1.807, 2.05) is 92.0 Å². The van der Waals surface area contributed by atoms with Gasteiger partial charge in [-0.25, -0.2) is 4.98 Å². The number of nitrogens with zero attached hydrogens (tertiary/aromatic N) is 2. The molecule has 22 nitrogen and oxygen atoms in total. The summed E-state index contributed by atoms with van der Waals surface area (Å²) >= 11 is 13.3. The van der Waals surface area contributed by atoms with Crippen LogP contribution in [0.1, 0.15) is 204 Å². The van der Waals surface area contributed by atoms with Crippen LogP contribution in [0.4, 0.5) is 5.69 Å². The molecule has 3 atom stereocenters. The number of benzene rings is 11. The van der Waals surface area contributed by atoms with E-state index < -0.39 is 24.0 Å². The van der Waals surface area contributed by atoms with Crippen molar-refractivity contribution in [1.29, 1.82) is 0 Å². The zero-order valence-electron chi connectivity index (χ0n) is 72.5. The number of Topliss-reactive ketones (excluding diaryl/α,β-unsaturated/α-hetero) is 8. The van der Waals surface area contributed by atoms with Crippen molar-refractivity contribution in [3.8, 4) is 95.6 Å². The van der Waals surface area contributed by atoms with Crippen molar-refractivity contribution in [2.75, 3.05) is 23.9 Å². The predicted octanol–water partition coefficient (Wildman–Crippen LogP) is 21.7. The third kappa shape index (κ3) is 18.3. The maximum absolute atomic E-state index is 12.7. The van der Waals surface area contributed by atoms with E-state index in [0.29, 0.717) is 95.7 Å². The summed E-state index contributed by atoms with van der Waals surface area (Å²) in [7, 11) is 0. The second-order valence-electron chi connectivity index (χ2n) is 33.9. The number of aromatic nitrogens is 2. The third-order valence-electron chi connectivity index (χ3n) is 25.1. The first-order valence-corrected chi connectivity index (χ1v) is 47.5. The van der Waals surface area contributed by atoms with Gasteiger partial charge < -0.3 is 42.9 Å². The first-order chi connectivity index (χ1) is 63.7. The number of aliphatic imine (C=N–C) groups is 1. The largest absolute Gasteiger partial charge is 0.488 e. The molecule has 22 rings (SSSR count). The lowest BCUT2D eigenvalue weighted by atomic mass is 9.84. The molecule has 10 aliphatic rings. The van der Waals surface area contributed by atoms with Crippen LogP contribution >= 0.6 is 63.7 Å². The summed E-state index contributed by atoms with van der Waals surface area (Å²) in [5, 5.41) is 3.13. The van der Waals surface area contributed by atoms with E-state index in [-0.39, 0.29) is 75.7 Å². The molecule has 11 aromatic carbocycles. The zero-order valence-corrected chi connectivity index (χ0v) is 78.8. The lowest BCUT2D eigenvalue weighted by molar-refractivity contribution is -0.144. The maximum Gasteiger partial charge on any atom is 0.303 e. The van der Waals surface area contributed by atoms with E-state index in [0.717, 1.165) is 196 Å². The van der Waals surface area contributed by atoms with Gasteiger partial charge in [0.05, 0.1) is 37.9 Å². The number of aryl methyl sites for hydroxylation is 5. The number of hydrogen-bond acceptors (Lipinski definition) is 21. The van der Waals surface area contributed by atoms with Crippen LogP contribution in [0.2, 0.25) is 0 Å². The number of imidazole rings is 1. The monoisotopic (exact) mass is 2020 g/mol. The number of alkyl halides is 4. The minimum absolute atomic E-state index is 0.0583. The molecule has 1 aromatic heterocycles. The number of esters is 3. The molecule has 12 aromatic rings. The third-order valence-corrected chi connectivity index (χ3v) is 27.9. The Labute approximate surface area is 792 Å². The van der Waals surface area contributed by atoms with Crippen molar-refractivity contribution in [3.05, 3.63) is 276 Å². The number of ether oxygens (including phenoxy) is 8. The summed E-state index contributed by atoms with van der Waals surface area (Å²) in [6.07, 6.45) is 8.89. The fourth-order valence-corrected chi connectivity index (χ4v) is 20.1. The average molecular weight is 2020 g/mol. The van der Waals surface area contributed by atoms with Crippen molar-refractivity contribution in [2.45, 2.75) is 148 Å². The van der Waals surface area contributed by atoms with Gasteiger partial charge in [-0.1, -0.05) is 130 Å². The molecule has 0 spiro atoms. The van der Waals surface area contributed by atoms with Crippen molar-refractivity contribution in [1.82, 2.24) is 9.97 Å². The number of halogens is 4. The number of fused-ring (bicyclic) bond motifs is 22. The van der Waals surface area contributed by atoms with Gasteiger partial charge in [0.15, 0.2) is 59.8 Å². The Hall–Kier alpha value is -12.8. The van der Waals surface area contributed by atoms with Crippen LogP contribution in [0, 0.1) is 6.92 Å². The molecular weight excluding hydrogens is 1940 g/mol. The summed E-state index contributed by atoms with van der Waals surface area (Å²) in [6, 6.07) is 53.0. The normalized spacial score (nSPS) is 16.3. The number of carbonyl (C=O) groups is 11. The van der Waals surface area contributed by atoms with Crippen LogP contribution in [0.5, 0.6) is 28.7 Å². The molecule has 0 amide bonds. The van der Waals surface area contributed by atoms with Crippen LogP contribution in [0.3, 0.4) is 0 Å². The predicted molar refractivity (Wildman–Crippen MR) is 512 cm³/mol. The number of H-pyrrole nitrogens is 1. The molecule has 1 N–H and O–H groups in total. The minimum atomic E-state index is -0.755. The van der Waals surface area contributed by atoms with E-state index in [4.69, 9.17) is 37.9 Å². The van der Waals surface area contributed by atoms with Crippen molar-refractivity contribution >= 4 is 150 Å². The number of aromatic amines is 1. The van der Waals surface area contributed by atoms with Crippen LogP contribution in [-0.2, 0) is 93.7 Å². The standard InChI is InChI=1S/C24H19N3O.C23H20O7.C21H17BrO5.C19H14Br2O3.C19H15BrO3/c1-13-7-20-19-10-24-21(9-15(19)4-6-22(20)26-13)18-5-3-16(8-17(18)12-28-24)23-11-25-14(2)27-23;1-12(24)28-11-20(26)15-3-5-17-16(7-15)10-29-22-9-18-14(8-19(17)22)4-6-21(23(18)27)30-13(2)25;1-11(23)26-10-19(24)13-2-4-15-14(6-13)9-27-20-8-16-12(7-17(15)20)3-5-18(22)21(16)25;20-8-17(22)11-1-3-13-12(5-11)9-24-18-7-14-10(6-15(13)18)2-4-16(21)19(14)23;20-9-18(22)12-4-5-14-13(6-12)10-23-19-8-15-11(7-16(14)19)2-1-3-17(15)21/h3-6,8-11H,7,12H2,1-2H3,(H,25,27);3,5,7-9,21H,4,6,10-11H2,1-2H3;2,4,6-8,18H,3,5,9-10H2,1H3;1,3,5-7,16H,2,4,8-9H2;4-8H,1-3,9-10H2. The molecule has 26 heteroatoms. The lowest BCUT2D eigenvalue weighted by Crippen LogP contribution is -2.31. The van der Waals surface area contributed by atoms with Crippen LogP contribution in [0.15, 0.2) is 175 Å². The smallest absolute Gasteiger partial charge is 0.303 e. The van der Waals surface area contributed by atoms with Gasteiger partial charge >= 0.3 is 17.9 Å². The van der Waals surface area contributed by atoms with E-state index in [9.17, 15) is 52.7 Å². The van der Waals surface area contributed by atoms with Gasteiger partial charge in [-0.2, -0.15) is 0 Å². The Kier molecular flexibility index (Phi) is 25.8. The number of hydrogen-bond donors (Lipinski definition) is 1. The number of nitrogens with one attached hydrogen (secondary N) is 1. The highest BCUT2D eigenvalue weighted by Crippen LogP contribution is 2.49. The van der Waals surface area contributed by atoms with Crippen molar-refractivity contribution in [2.24, 2.45) is 4.99 Å². The van der Waals surface area contributed by atoms with Gasteiger partial charge in [0.2, 0.25) is 5.78 Å². The molecule has 0 saturated heterocycles. The average Bonchev–Trinajstić information content (AvgIpc) is 1.27. The van der Waals surface area contributed by atoms with Gasteiger partial charge in [-0.15, -0.1) is 0 Å². The molecule has 3 unspecified atom stereocenters. The fraction of sp³-hybridized carbons (Fsp3) is 0.255. The number of ketones is 8. The zero-order chi connectivity index (χ0) is 92.2. The van der Waals surface area contributed by atoms with Gasteiger partial charge in [-0.05, 0) is 262 Å². The fourth-order valence-electron chi connectivity index (χ4n) is 18.5. The first kappa shape index (κ1) is 89.8. The van der Waals surface area contributed by atoms with E-state index >= 15 is 0 Å². The molecule has 132 heavy (non-hydrogen) atoms. The van der Waals surface area contributed by atoms with Gasteiger partial charge in [0.1, 0.15) is 67.6 Å². The Morgan fingerprint density at radius 2 is 0.803 bits per heavy atom. The molecule has 666 valence electrons.